The van der Waals surface area contributed by atoms with E-state index in [-0.39, 0.29) is 11.8 Å². The lowest BCUT2D eigenvalue weighted by Crippen LogP contribution is -2.24. The number of benzene rings is 2. The van der Waals surface area contributed by atoms with Crippen LogP contribution in [0.5, 0.6) is 5.75 Å². The van der Waals surface area contributed by atoms with Crippen molar-refractivity contribution in [1.82, 2.24) is 15.6 Å². The molecule has 0 unspecified atom stereocenters. The maximum absolute atomic E-state index is 12.4. The Hall–Kier alpha value is -3.19. The maximum atomic E-state index is 12.4. The predicted octanol–water partition coefficient (Wildman–Crippen LogP) is 4.89. The van der Waals surface area contributed by atoms with Crippen LogP contribution in [0.1, 0.15) is 58.7 Å². The van der Waals surface area contributed by atoms with Crippen molar-refractivity contribution in [2.24, 2.45) is 0 Å². The van der Waals surface area contributed by atoms with E-state index in [1.54, 1.807) is 12.5 Å². The monoisotopic (exact) mass is 465 g/mol. The number of nitrogens with one attached hydrogen (secondary N) is 2. The summed E-state index contributed by atoms with van der Waals surface area (Å²) in [6, 6.07) is 18.0. The number of aromatic nitrogens is 1. The minimum Gasteiger partial charge on any atom is -0.496 e. The number of thiazole rings is 1. The Morgan fingerprint density at radius 1 is 0.909 bits per heavy atom. The van der Waals surface area contributed by atoms with Crippen molar-refractivity contribution >= 4 is 23.2 Å². The number of unbranched alkanes of at least 4 members (excludes halogenated alkanes) is 3. The number of hydrogen-bond donors (Lipinski definition) is 2. The van der Waals surface area contributed by atoms with Crippen molar-refractivity contribution in [3.05, 3.63) is 81.8 Å². The molecule has 7 heteroatoms. The minimum absolute atomic E-state index is 0.0235. The summed E-state index contributed by atoms with van der Waals surface area (Å²) in [5, 5.41) is 8.19. The van der Waals surface area contributed by atoms with Crippen molar-refractivity contribution in [3.8, 4) is 5.75 Å². The predicted molar refractivity (Wildman–Crippen MR) is 131 cm³/mol. The highest BCUT2D eigenvalue weighted by atomic mass is 32.1. The topological polar surface area (TPSA) is 80.3 Å². The molecule has 174 valence electrons. The van der Waals surface area contributed by atoms with Gasteiger partial charge >= 0.3 is 0 Å². The van der Waals surface area contributed by atoms with E-state index in [4.69, 9.17) is 4.74 Å². The first-order valence-corrected chi connectivity index (χ1v) is 12.2. The number of carbonyl (C=O) groups excluding carboxylic acids is 2. The van der Waals surface area contributed by atoms with Crippen LogP contribution in [0.2, 0.25) is 0 Å². The number of amides is 2. The zero-order valence-electron chi connectivity index (χ0n) is 19.0. The number of nitrogens with zero attached hydrogens (tertiary/aromatic N) is 1. The highest BCUT2D eigenvalue weighted by molar-refractivity contribution is 7.09. The van der Waals surface area contributed by atoms with Crippen LogP contribution in [0.15, 0.2) is 60.0 Å². The molecule has 0 atom stereocenters. The average molecular weight is 466 g/mol. The summed E-state index contributed by atoms with van der Waals surface area (Å²) in [6.07, 6.45) is 5.81. The molecule has 0 saturated carbocycles. The van der Waals surface area contributed by atoms with E-state index in [1.165, 1.54) is 16.9 Å². The molecular weight excluding hydrogens is 434 g/mol. The molecule has 0 spiro atoms. The molecule has 2 amide bonds. The molecular formula is C26H31N3O3S. The molecule has 3 aromatic rings. The molecule has 2 N–H and O–H groups in total. The van der Waals surface area contributed by atoms with Crippen LogP contribution in [0.25, 0.3) is 0 Å². The van der Waals surface area contributed by atoms with E-state index in [0.29, 0.717) is 30.2 Å². The van der Waals surface area contributed by atoms with Gasteiger partial charge < -0.3 is 15.4 Å². The van der Waals surface area contributed by atoms with Crippen molar-refractivity contribution in [3.63, 3.8) is 0 Å². The molecule has 0 aliphatic heterocycles. The number of rotatable bonds is 13. The molecule has 0 aliphatic rings. The number of para-hydroxylation sites is 1. The van der Waals surface area contributed by atoms with Crippen LogP contribution in [-0.2, 0) is 24.3 Å². The molecule has 0 bridgehead atoms. The Kier molecular flexibility index (Phi) is 9.91. The smallest absolute Gasteiger partial charge is 0.271 e. The molecule has 0 radical (unpaired) electrons. The molecule has 6 nitrogen and oxygen atoms in total. The van der Waals surface area contributed by atoms with Gasteiger partial charge in [0.1, 0.15) is 16.5 Å². The molecule has 2 aromatic carbocycles. The highest BCUT2D eigenvalue weighted by Crippen LogP contribution is 2.17. The lowest BCUT2D eigenvalue weighted by molar-refractivity contribution is -0.121. The van der Waals surface area contributed by atoms with Gasteiger partial charge in [0.25, 0.3) is 5.91 Å². The maximum Gasteiger partial charge on any atom is 0.271 e. The SMILES string of the molecule is COc1ccccc1CNC(=O)c1csc(CNC(=O)CCCCCCc2ccccc2)n1. The molecule has 0 fully saturated rings. The second-order valence-corrected chi connectivity index (χ2v) is 8.74. The third-order valence-electron chi connectivity index (χ3n) is 5.32. The second-order valence-electron chi connectivity index (χ2n) is 7.80. The lowest BCUT2D eigenvalue weighted by atomic mass is 10.1. The summed E-state index contributed by atoms with van der Waals surface area (Å²) in [7, 11) is 1.60. The number of aryl methyl sites for hydroxylation is 1. The van der Waals surface area contributed by atoms with Gasteiger partial charge in [0.2, 0.25) is 5.91 Å². The van der Waals surface area contributed by atoms with Crippen molar-refractivity contribution in [2.45, 2.75) is 51.6 Å². The van der Waals surface area contributed by atoms with Gasteiger partial charge in [-0.3, -0.25) is 9.59 Å². The summed E-state index contributed by atoms with van der Waals surface area (Å²) in [6.45, 7) is 0.703. The Balaban J connectivity index is 1.30. The van der Waals surface area contributed by atoms with Gasteiger partial charge in [0.15, 0.2) is 0 Å². The molecule has 0 saturated heterocycles. The first-order valence-electron chi connectivity index (χ1n) is 11.3. The summed E-state index contributed by atoms with van der Waals surface area (Å²) in [5.41, 5.74) is 2.63. The molecule has 0 aliphatic carbocycles. The Morgan fingerprint density at radius 3 is 2.48 bits per heavy atom. The second kappa shape index (κ2) is 13.4. The molecule has 33 heavy (non-hydrogen) atoms. The number of methoxy groups -OCH3 is 1. The minimum atomic E-state index is -0.245. The van der Waals surface area contributed by atoms with Gasteiger partial charge in [-0.05, 0) is 30.9 Å². The van der Waals surface area contributed by atoms with Crippen LogP contribution in [0.3, 0.4) is 0 Å². The van der Waals surface area contributed by atoms with Crippen LogP contribution < -0.4 is 15.4 Å². The average Bonchev–Trinajstić information content (AvgIpc) is 3.33. The fourth-order valence-electron chi connectivity index (χ4n) is 3.49. The van der Waals surface area contributed by atoms with E-state index >= 15 is 0 Å². The normalized spacial score (nSPS) is 10.6. The summed E-state index contributed by atoms with van der Waals surface area (Å²) >= 11 is 1.37. The quantitative estimate of drug-likeness (QED) is 0.352. The number of hydrogen-bond acceptors (Lipinski definition) is 5. The van der Waals surface area contributed by atoms with E-state index in [9.17, 15) is 9.59 Å². The summed E-state index contributed by atoms with van der Waals surface area (Å²) < 4.78 is 5.30. The van der Waals surface area contributed by atoms with Crippen LogP contribution in [0, 0.1) is 0 Å². The third-order valence-corrected chi connectivity index (χ3v) is 6.16. The largest absolute Gasteiger partial charge is 0.496 e. The number of ether oxygens (including phenoxy) is 1. The lowest BCUT2D eigenvalue weighted by Gasteiger charge is -2.08. The van der Waals surface area contributed by atoms with Gasteiger partial charge in [-0.2, -0.15) is 0 Å². The van der Waals surface area contributed by atoms with Gasteiger partial charge in [0, 0.05) is 23.9 Å². The van der Waals surface area contributed by atoms with Gasteiger partial charge in [-0.15, -0.1) is 11.3 Å². The zero-order valence-corrected chi connectivity index (χ0v) is 19.8. The molecule has 1 aromatic heterocycles. The van der Waals surface area contributed by atoms with Crippen molar-refractivity contribution < 1.29 is 14.3 Å². The van der Waals surface area contributed by atoms with E-state index in [2.05, 4.69) is 39.9 Å². The fraction of sp³-hybridized carbons (Fsp3) is 0.346. The summed E-state index contributed by atoms with van der Waals surface area (Å²) in [4.78, 5) is 28.8. The molecule has 1 heterocycles. The first-order chi connectivity index (χ1) is 16.2. The van der Waals surface area contributed by atoms with Crippen LogP contribution >= 0.6 is 11.3 Å². The van der Waals surface area contributed by atoms with E-state index < -0.39 is 0 Å². The van der Waals surface area contributed by atoms with Crippen molar-refractivity contribution in [1.29, 1.82) is 0 Å². The molecule has 3 rings (SSSR count). The highest BCUT2D eigenvalue weighted by Gasteiger charge is 2.12. The van der Waals surface area contributed by atoms with E-state index in [1.807, 2.05) is 30.3 Å². The van der Waals surface area contributed by atoms with E-state index in [0.717, 1.165) is 43.4 Å². The van der Waals surface area contributed by atoms with Gasteiger partial charge in [0.05, 0.1) is 13.7 Å². The standard InChI is InChI=1S/C26H31N3O3S/c1-32-23-15-10-9-14-21(23)17-28-26(31)22-19-33-25(29-22)18-27-24(30)16-8-3-2-5-11-20-12-6-4-7-13-20/h4,6-7,9-10,12-15,19H,2-3,5,8,11,16-18H2,1H3,(H,27,30)(H,28,31). The van der Waals surface area contributed by atoms with Crippen LogP contribution in [-0.4, -0.2) is 23.9 Å². The summed E-state index contributed by atoms with van der Waals surface area (Å²) in [5.74, 6) is 0.511. The van der Waals surface area contributed by atoms with Gasteiger partial charge in [-0.1, -0.05) is 61.4 Å². The Labute approximate surface area is 199 Å². The third kappa shape index (κ3) is 8.35. The van der Waals surface area contributed by atoms with Gasteiger partial charge in [-0.25, -0.2) is 4.98 Å². The van der Waals surface area contributed by atoms with Crippen molar-refractivity contribution in [2.75, 3.05) is 7.11 Å². The Bertz CT molecular complexity index is 1020. The Morgan fingerprint density at radius 2 is 1.67 bits per heavy atom. The van der Waals surface area contributed by atoms with Crippen LogP contribution in [0.4, 0.5) is 0 Å². The number of carbonyl (C=O) groups is 2. The fourth-order valence-corrected chi connectivity index (χ4v) is 4.20. The first kappa shape index (κ1) is 24.5. The zero-order chi connectivity index (χ0) is 23.3.